The first-order chi connectivity index (χ1) is 8.88. The van der Waals surface area contributed by atoms with E-state index in [0.717, 1.165) is 5.56 Å². The van der Waals surface area contributed by atoms with Gasteiger partial charge < -0.3 is 15.3 Å². The van der Waals surface area contributed by atoms with E-state index in [1.807, 2.05) is 39.0 Å². The number of rotatable bonds is 6. The maximum atomic E-state index is 9.65. The van der Waals surface area contributed by atoms with E-state index >= 15 is 0 Å². The summed E-state index contributed by atoms with van der Waals surface area (Å²) in [6.07, 6.45) is 0.695. The number of oxime groups is 1. The molecular weight excluding hydrogens is 264 g/mol. The number of halogens is 1. The SMILES string of the molecule is CC(C)(C)NCC(O)/C=N/OCc1ccccc1Cl. The van der Waals surface area contributed by atoms with Crippen molar-refractivity contribution < 1.29 is 9.94 Å². The zero-order chi connectivity index (χ0) is 14.3. The van der Waals surface area contributed by atoms with E-state index in [9.17, 15) is 5.11 Å². The number of hydrogen-bond donors (Lipinski definition) is 2. The summed E-state index contributed by atoms with van der Waals surface area (Å²) >= 11 is 5.97. The van der Waals surface area contributed by atoms with Crippen molar-refractivity contribution in [2.75, 3.05) is 6.54 Å². The van der Waals surface area contributed by atoms with Gasteiger partial charge in [-0.25, -0.2) is 0 Å². The number of nitrogens with one attached hydrogen (secondary N) is 1. The molecule has 2 N–H and O–H groups in total. The standard InChI is InChI=1S/C14H21ClN2O2/c1-14(2,3)16-8-12(18)9-17-19-10-11-6-4-5-7-13(11)15/h4-7,9,12,16,18H,8,10H2,1-3H3/b17-9+. The minimum absolute atomic E-state index is 0.0345. The zero-order valence-corrected chi connectivity index (χ0v) is 12.3. The van der Waals surface area contributed by atoms with Gasteiger partial charge in [0.15, 0.2) is 0 Å². The Labute approximate surface area is 119 Å². The minimum atomic E-state index is -0.675. The molecule has 0 amide bonds. The third kappa shape index (κ3) is 7.15. The Balaban J connectivity index is 2.29. The van der Waals surface area contributed by atoms with E-state index in [0.29, 0.717) is 11.6 Å². The zero-order valence-electron chi connectivity index (χ0n) is 11.6. The van der Waals surface area contributed by atoms with Gasteiger partial charge in [-0.05, 0) is 26.8 Å². The second-order valence-electron chi connectivity index (χ2n) is 5.32. The fourth-order valence-electron chi connectivity index (χ4n) is 1.30. The molecule has 0 radical (unpaired) electrons. The molecule has 4 nitrogen and oxygen atoms in total. The summed E-state index contributed by atoms with van der Waals surface area (Å²) in [5.41, 5.74) is 0.830. The minimum Gasteiger partial charge on any atom is -0.391 e. The molecule has 1 unspecified atom stereocenters. The molecule has 0 aromatic heterocycles. The highest BCUT2D eigenvalue weighted by Gasteiger charge is 2.10. The van der Waals surface area contributed by atoms with E-state index in [2.05, 4.69) is 10.5 Å². The molecule has 0 fully saturated rings. The lowest BCUT2D eigenvalue weighted by atomic mass is 10.1. The molecule has 19 heavy (non-hydrogen) atoms. The van der Waals surface area contributed by atoms with Crippen LogP contribution in [0.15, 0.2) is 29.4 Å². The largest absolute Gasteiger partial charge is 0.391 e. The normalized spacial score (nSPS) is 13.7. The summed E-state index contributed by atoms with van der Waals surface area (Å²) in [6, 6.07) is 7.41. The molecule has 1 aromatic carbocycles. The summed E-state index contributed by atoms with van der Waals surface area (Å²) in [7, 11) is 0. The van der Waals surface area contributed by atoms with E-state index < -0.39 is 6.10 Å². The highest BCUT2D eigenvalue weighted by atomic mass is 35.5. The van der Waals surface area contributed by atoms with Crippen LogP contribution in [-0.2, 0) is 11.4 Å². The summed E-state index contributed by atoms with van der Waals surface area (Å²) in [4.78, 5) is 5.10. The topological polar surface area (TPSA) is 53.8 Å². The van der Waals surface area contributed by atoms with E-state index in [1.54, 1.807) is 6.07 Å². The molecule has 0 saturated heterocycles. The van der Waals surface area contributed by atoms with E-state index in [1.165, 1.54) is 6.21 Å². The molecule has 106 valence electrons. The summed E-state index contributed by atoms with van der Waals surface area (Å²) in [5, 5.41) is 17.2. The summed E-state index contributed by atoms with van der Waals surface area (Å²) in [6.45, 7) is 6.82. The number of aliphatic hydroxyl groups is 1. The Morgan fingerprint density at radius 3 is 2.74 bits per heavy atom. The fraction of sp³-hybridized carbons (Fsp3) is 0.500. The molecule has 0 saturated carbocycles. The van der Waals surface area contributed by atoms with Crippen molar-refractivity contribution in [1.29, 1.82) is 0 Å². The van der Waals surface area contributed by atoms with Crippen LogP contribution in [-0.4, -0.2) is 29.5 Å². The number of β-amino-alcohol motifs (C(OH)–C–C–N with tert-alkyl or cyclic N) is 1. The molecule has 0 aliphatic carbocycles. The third-order valence-corrected chi connectivity index (χ3v) is 2.70. The van der Waals surface area contributed by atoms with Gasteiger partial charge in [0.25, 0.3) is 0 Å². The predicted octanol–water partition coefficient (Wildman–Crippen LogP) is 2.59. The Morgan fingerprint density at radius 1 is 1.42 bits per heavy atom. The number of hydrogen-bond acceptors (Lipinski definition) is 4. The van der Waals surface area contributed by atoms with Crippen molar-refractivity contribution in [3.63, 3.8) is 0 Å². The maximum absolute atomic E-state index is 9.65. The van der Waals surface area contributed by atoms with Crippen molar-refractivity contribution in [2.45, 2.75) is 39.0 Å². The molecule has 0 aliphatic rings. The number of benzene rings is 1. The monoisotopic (exact) mass is 284 g/mol. The van der Waals surface area contributed by atoms with Gasteiger partial charge in [-0.2, -0.15) is 0 Å². The first-order valence-corrected chi connectivity index (χ1v) is 6.58. The van der Waals surface area contributed by atoms with Crippen molar-refractivity contribution in [1.82, 2.24) is 5.32 Å². The van der Waals surface area contributed by atoms with Crippen LogP contribution in [0.25, 0.3) is 0 Å². The van der Waals surface area contributed by atoms with Gasteiger partial charge in [0.2, 0.25) is 0 Å². The molecule has 1 aromatic rings. The van der Waals surface area contributed by atoms with Crippen molar-refractivity contribution >= 4 is 17.8 Å². The van der Waals surface area contributed by atoms with Crippen LogP contribution >= 0.6 is 11.6 Å². The maximum Gasteiger partial charge on any atom is 0.143 e. The molecule has 0 aliphatic heterocycles. The van der Waals surface area contributed by atoms with Crippen LogP contribution in [0.2, 0.25) is 5.02 Å². The van der Waals surface area contributed by atoms with Crippen LogP contribution in [0, 0.1) is 0 Å². The van der Waals surface area contributed by atoms with Crippen LogP contribution in [0.5, 0.6) is 0 Å². The summed E-state index contributed by atoms with van der Waals surface area (Å²) < 4.78 is 0. The highest BCUT2D eigenvalue weighted by Crippen LogP contribution is 2.15. The molecule has 0 heterocycles. The Bertz CT molecular complexity index is 416. The highest BCUT2D eigenvalue weighted by molar-refractivity contribution is 6.31. The van der Waals surface area contributed by atoms with Gasteiger partial charge in [-0.3, -0.25) is 0 Å². The lowest BCUT2D eigenvalue weighted by molar-refractivity contribution is 0.126. The molecule has 5 heteroatoms. The predicted molar refractivity (Wildman–Crippen MR) is 78.5 cm³/mol. The van der Waals surface area contributed by atoms with Crippen LogP contribution < -0.4 is 5.32 Å². The average molecular weight is 285 g/mol. The van der Waals surface area contributed by atoms with Crippen LogP contribution in [0.3, 0.4) is 0 Å². The summed E-state index contributed by atoms with van der Waals surface area (Å²) in [5.74, 6) is 0. The van der Waals surface area contributed by atoms with Crippen molar-refractivity contribution in [3.8, 4) is 0 Å². The molecule has 0 spiro atoms. The average Bonchev–Trinajstić information content (AvgIpc) is 2.33. The molecule has 1 atom stereocenters. The molecule has 1 rings (SSSR count). The van der Waals surface area contributed by atoms with Gasteiger partial charge in [0, 0.05) is 22.7 Å². The second-order valence-corrected chi connectivity index (χ2v) is 5.72. The van der Waals surface area contributed by atoms with Gasteiger partial charge >= 0.3 is 0 Å². The number of nitrogens with zero attached hydrogens (tertiary/aromatic N) is 1. The van der Waals surface area contributed by atoms with Crippen LogP contribution in [0.4, 0.5) is 0 Å². The van der Waals surface area contributed by atoms with Crippen LogP contribution in [0.1, 0.15) is 26.3 Å². The van der Waals surface area contributed by atoms with Gasteiger partial charge in [-0.1, -0.05) is 35.0 Å². The van der Waals surface area contributed by atoms with Crippen molar-refractivity contribution in [2.24, 2.45) is 5.16 Å². The van der Waals surface area contributed by atoms with E-state index in [-0.39, 0.29) is 12.1 Å². The molecule has 0 bridgehead atoms. The Hall–Kier alpha value is -1.10. The van der Waals surface area contributed by atoms with Gasteiger partial charge in [0.05, 0.1) is 6.21 Å². The first kappa shape index (κ1) is 16.0. The molecular formula is C14H21ClN2O2. The first-order valence-electron chi connectivity index (χ1n) is 6.20. The van der Waals surface area contributed by atoms with Gasteiger partial charge in [0.1, 0.15) is 12.7 Å². The smallest absolute Gasteiger partial charge is 0.143 e. The van der Waals surface area contributed by atoms with Gasteiger partial charge in [-0.15, -0.1) is 0 Å². The Morgan fingerprint density at radius 2 is 2.11 bits per heavy atom. The third-order valence-electron chi connectivity index (χ3n) is 2.33. The van der Waals surface area contributed by atoms with E-state index in [4.69, 9.17) is 16.4 Å². The second kappa shape index (κ2) is 7.48. The van der Waals surface area contributed by atoms with Crippen molar-refractivity contribution in [3.05, 3.63) is 34.9 Å². The quantitative estimate of drug-likeness (QED) is 0.624. The lowest BCUT2D eigenvalue weighted by Gasteiger charge is -2.21. The lowest BCUT2D eigenvalue weighted by Crippen LogP contribution is -2.41. The Kier molecular flexibility index (Phi) is 6.28. The number of aliphatic hydroxyl groups excluding tert-OH is 1. The fourth-order valence-corrected chi connectivity index (χ4v) is 1.49.